The Morgan fingerprint density at radius 1 is 1.00 bits per heavy atom. The van der Waals surface area contributed by atoms with Crippen molar-refractivity contribution >= 4 is 15.8 Å². The van der Waals surface area contributed by atoms with Gasteiger partial charge in [-0.3, -0.25) is 0 Å². The second-order valence-electron chi connectivity index (χ2n) is 6.92. The summed E-state index contributed by atoms with van der Waals surface area (Å²) in [5, 5.41) is 8.77. The van der Waals surface area contributed by atoms with Gasteiger partial charge in [0, 0.05) is 26.2 Å². The first-order valence-corrected chi connectivity index (χ1v) is 10.8. The van der Waals surface area contributed by atoms with Gasteiger partial charge in [-0.1, -0.05) is 12.1 Å². The number of anilines is 1. The molecule has 0 radical (unpaired) electrons. The SMILES string of the molecule is COc1ccccc1S(=O)(=O)N1CCN(c2cc3c(nn2)CCCC3)CC1. The van der Waals surface area contributed by atoms with Crippen molar-refractivity contribution in [1.82, 2.24) is 14.5 Å². The van der Waals surface area contributed by atoms with E-state index in [0.29, 0.717) is 31.9 Å². The molecule has 0 amide bonds. The molecule has 0 N–H and O–H groups in total. The summed E-state index contributed by atoms with van der Waals surface area (Å²) in [6.07, 6.45) is 4.44. The third kappa shape index (κ3) is 3.51. The first-order chi connectivity index (χ1) is 13.1. The van der Waals surface area contributed by atoms with E-state index in [1.54, 1.807) is 24.3 Å². The highest BCUT2D eigenvalue weighted by atomic mass is 32.2. The molecule has 1 aliphatic heterocycles. The molecule has 27 heavy (non-hydrogen) atoms. The predicted molar refractivity (Wildman–Crippen MR) is 103 cm³/mol. The first kappa shape index (κ1) is 18.2. The summed E-state index contributed by atoms with van der Waals surface area (Å²) in [6.45, 7) is 2.03. The Bertz CT molecular complexity index is 924. The van der Waals surface area contributed by atoms with Gasteiger partial charge in [0.15, 0.2) is 5.82 Å². The number of aryl methyl sites for hydroxylation is 2. The van der Waals surface area contributed by atoms with Crippen molar-refractivity contribution in [3.05, 3.63) is 41.6 Å². The maximum Gasteiger partial charge on any atom is 0.246 e. The summed E-state index contributed by atoms with van der Waals surface area (Å²) >= 11 is 0. The van der Waals surface area contributed by atoms with Crippen LogP contribution in [0, 0.1) is 0 Å². The van der Waals surface area contributed by atoms with E-state index in [2.05, 4.69) is 21.2 Å². The number of benzene rings is 1. The molecule has 2 heterocycles. The topological polar surface area (TPSA) is 75.6 Å². The molecule has 2 aliphatic rings. The van der Waals surface area contributed by atoms with Gasteiger partial charge in [0.25, 0.3) is 0 Å². The van der Waals surface area contributed by atoms with Crippen LogP contribution in [-0.2, 0) is 22.9 Å². The number of nitrogens with zero attached hydrogens (tertiary/aromatic N) is 4. The lowest BCUT2D eigenvalue weighted by Gasteiger charge is -2.35. The fourth-order valence-corrected chi connectivity index (χ4v) is 5.34. The predicted octanol–water partition coefficient (Wildman–Crippen LogP) is 1.87. The summed E-state index contributed by atoms with van der Waals surface area (Å²) in [5.74, 6) is 1.23. The van der Waals surface area contributed by atoms with Crippen LogP contribution >= 0.6 is 0 Å². The Morgan fingerprint density at radius 3 is 2.52 bits per heavy atom. The summed E-state index contributed by atoms with van der Waals surface area (Å²) in [4.78, 5) is 2.34. The zero-order valence-corrected chi connectivity index (χ0v) is 16.3. The van der Waals surface area contributed by atoms with Gasteiger partial charge < -0.3 is 9.64 Å². The highest BCUT2D eigenvalue weighted by Gasteiger charge is 2.31. The van der Waals surface area contributed by atoms with E-state index < -0.39 is 10.0 Å². The molecule has 2 aromatic rings. The van der Waals surface area contributed by atoms with Gasteiger partial charge in [0.2, 0.25) is 10.0 Å². The van der Waals surface area contributed by atoms with Crippen LogP contribution in [0.5, 0.6) is 5.75 Å². The second-order valence-corrected chi connectivity index (χ2v) is 8.83. The number of para-hydroxylation sites is 1. The lowest BCUT2D eigenvalue weighted by Crippen LogP contribution is -2.49. The van der Waals surface area contributed by atoms with E-state index in [-0.39, 0.29) is 4.90 Å². The molecule has 0 saturated carbocycles. The van der Waals surface area contributed by atoms with E-state index >= 15 is 0 Å². The molecule has 4 rings (SSSR count). The summed E-state index contributed by atoms with van der Waals surface area (Å²) in [5.41, 5.74) is 2.40. The molecular weight excluding hydrogens is 364 g/mol. The Hall–Kier alpha value is -2.19. The Kier molecular flexibility index (Phi) is 5.01. The molecule has 1 aliphatic carbocycles. The zero-order chi connectivity index (χ0) is 18.9. The quantitative estimate of drug-likeness (QED) is 0.796. The molecular formula is C19H24N4O3S. The van der Waals surface area contributed by atoms with Crippen LogP contribution in [0.4, 0.5) is 5.82 Å². The van der Waals surface area contributed by atoms with Crippen molar-refractivity contribution in [2.45, 2.75) is 30.6 Å². The number of hydrogen-bond donors (Lipinski definition) is 0. The van der Waals surface area contributed by atoms with Gasteiger partial charge in [-0.05, 0) is 49.4 Å². The van der Waals surface area contributed by atoms with Crippen LogP contribution in [0.3, 0.4) is 0 Å². The second kappa shape index (κ2) is 7.44. The van der Waals surface area contributed by atoms with Crippen molar-refractivity contribution in [3.63, 3.8) is 0 Å². The van der Waals surface area contributed by atoms with E-state index in [1.165, 1.54) is 29.8 Å². The van der Waals surface area contributed by atoms with Crippen LogP contribution in [-0.4, -0.2) is 56.2 Å². The van der Waals surface area contributed by atoms with Crippen LogP contribution in [0.1, 0.15) is 24.1 Å². The van der Waals surface area contributed by atoms with Gasteiger partial charge in [-0.2, -0.15) is 9.40 Å². The number of fused-ring (bicyclic) bond motifs is 1. The van der Waals surface area contributed by atoms with Crippen LogP contribution in [0.25, 0.3) is 0 Å². The van der Waals surface area contributed by atoms with E-state index in [1.807, 2.05) is 0 Å². The lowest BCUT2D eigenvalue weighted by molar-refractivity contribution is 0.373. The minimum atomic E-state index is -3.58. The molecule has 144 valence electrons. The van der Waals surface area contributed by atoms with Crippen LogP contribution in [0.15, 0.2) is 35.2 Å². The number of aromatic nitrogens is 2. The number of ether oxygens (including phenoxy) is 1. The van der Waals surface area contributed by atoms with Crippen LogP contribution < -0.4 is 9.64 Å². The Labute approximate surface area is 160 Å². The number of piperazine rings is 1. The summed E-state index contributed by atoms with van der Waals surface area (Å²) < 4.78 is 32.8. The summed E-state index contributed by atoms with van der Waals surface area (Å²) in [6, 6.07) is 8.88. The fourth-order valence-electron chi connectivity index (χ4n) is 3.76. The number of sulfonamides is 1. The van der Waals surface area contributed by atoms with E-state index in [0.717, 1.165) is 24.4 Å². The average Bonchev–Trinajstić information content (AvgIpc) is 2.73. The van der Waals surface area contributed by atoms with Gasteiger partial charge in [-0.25, -0.2) is 8.42 Å². The maximum absolute atomic E-state index is 13.0. The molecule has 0 atom stereocenters. The highest BCUT2D eigenvalue weighted by Crippen LogP contribution is 2.28. The van der Waals surface area contributed by atoms with Crippen molar-refractivity contribution in [1.29, 1.82) is 0 Å². The van der Waals surface area contributed by atoms with Gasteiger partial charge in [0.05, 0.1) is 12.8 Å². The minimum Gasteiger partial charge on any atom is -0.495 e. The Balaban J connectivity index is 1.49. The summed E-state index contributed by atoms with van der Waals surface area (Å²) in [7, 11) is -2.09. The lowest BCUT2D eigenvalue weighted by atomic mass is 9.97. The number of rotatable bonds is 4. The van der Waals surface area contributed by atoms with Gasteiger partial charge in [0.1, 0.15) is 10.6 Å². The Morgan fingerprint density at radius 2 is 1.74 bits per heavy atom. The van der Waals surface area contributed by atoms with Crippen molar-refractivity contribution < 1.29 is 13.2 Å². The van der Waals surface area contributed by atoms with E-state index in [4.69, 9.17) is 4.74 Å². The third-order valence-corrected chi connectivity index (χ3v) is 7.24. The molecule has 1 aromatic carbocycles. The van der Waals surface area contributed by atoms with Crippen molar-refractivity contribution in [2.75, 3.05) is 38.2 Å². The smallest absolute Gasteiger partial charge is 0.246 e. The number of hydrogen-bond acceptors (Lipinski definition) is 6. The molecule has 1 fully saturated rings. The standard InChI is InChI=1S/C19H24N4O3S/c1-26-17-8-4-5-9-18(17)27(24,25)23-12-10-22(11-13-23)19-14-15-6-2-3-7-16(15)20-21-19/h4-5,8-9,14H,2-3,6-7,10-13H2,1H3. The van der Waals surface area contributed by atoms with Crippen LogP contribution in [0.2, 0.25) is 0 Å². The first-order valence-electron chi connectivity index (χ1n) is 9.33. The normalized spacial score (nSPS) is 18.2. The maximum atomic E-state index is 13.0. The molecule has 0 unspecified atom stereocenters. The minimum absolute atomic E-state index is 0.217. The molecule has 1 saturated heterocycles. The number of methoxy groups -OCH3 is 1. The highest BCUT2D eigenvalue weighted by molar-refractivity contribution is 7.89. The van der Waals surface area contributed by atoms with Gasteiger partial charge >= 0.3 is 0 Å². The molecule has 7 nitrogen and oxygen atoms in total. The zero-order valence-electron chi connectivity index (χ0n) is 15.5. The third-order valence-electron chi connectivity index (χ3n) is 5.31. The van der Waals surface area contributed by atoms with Crippen molar-refractivity contribution in [2.24, 2.45) is 0 Å². The monoisotopic (exact) mass is 388 g/mol. The van der Waals surface area contributed by atoms with E-state index in [9.17, 15) is 8.42 Å². The average molecular weight is 388 g/mol. The molecule has 1 aromatic heterocycles. The van der Waals surface area contributed by atoms with Crippen molar-refractivity contribution in [3.8, 4) is 5.75 Å². The largest absolute Gasteiger partial charge is 0.495 e. The van der Waals surface area contributed by atoms with Gasteiger partial charge in [-0.15, -0.1) is 5.10 Å². The molecule has 8 heteroatoms. The fraction of sp³-hybridized carbons (Fsp3) is 0.474. The molecule has 0 bridgehead atoms. The molecule has 0 spiro atoms.